The quantitative estimate of drug-likeness (QED) is 0.678. The number of carbonyl (C=O) groups is 2. The Morgan fingerprint density at radius 2 is 2.13 bits per heavy atom. The summed E-state index contributed by atoms with van der Waals surface area (Å²) < 4.78 is 0. The minimum atomic E-state index is -0.144. The van der Waals surface area contributed by atoms with Crippen LogP contribution in [0, 0.1) is 11.8 Å². The van der Waals surface area contributed by atoms with Gasteiger partial charge in [0.1, 0.15) is 0 Å². The van der Waals surface area contributed by atoms with E-state index < -0.39 is 0 Å². The molecule has 30 heavy (non-hydrogen) atoms. The Hall–Kier alpha value is -2.25. The summed E-state index contributed by atoms with van der Waals surface area (Å²) in [5.41, 5.74) is 1.90. The first kappa shape index (κ1) is 21.0. The van der Waals surface area contributed by atoms with Gasteiger partial charge in [-0.3, -0.25) is 4.79 Å². The maximum atomic E-state index is 12.7. The molecule has 1 aromatic heterocycles. The summed E-state index contributed by atoms with van der Waals surface area (Å²) >= 11 is 6.03. The number of nitrogens with one attached hydrogen (secondary N) is 2. The lowest BCUT2D eigenvalue weighted by molar-refractivity contribution is -0.142. The lowest BCUT2D eigenvalue weighted by Gasteiger charge is -2.42. The molecule has 1 unspecified atom stereocenters. The predicted molar refractivity (Wildman–Crippen MR) is 116 cm³/mol. The molecule has 7 nitrogen and oxygen atoms in total. The fraction of sp³-hybridized carbons (Fsp3) is 0.545. The van der Waals surface area contributed by atoms with Crippen LogP contribution in [0.4, 0.5) is 4.79 Å². The van der Waals surface area contributed by atoms with Crippen LogP contribution in [0.25, 0.3) is 10.9 Å². The number of likely N-dealkylation sites (tertiary alicyclic amines) is 1. The molecular weight excluding hydrogens is 404 g/mol. The molecule has 1 aliphatic heterocycles. The number of amides is 3. The standard InChI is InChI=1S/C22H29ClN4O3/c1-26(19-3-2-6-27(12-19)21(29)16-7-14(8-16)13-28)22(30)24-11-18-10-15-9-17(23)4-5-20(15)25-18/h4-5,9-10,14,16,19,25,28H,2-3,6-8,11-13H2,1H3,(H,24,30). The Morgan fingerprint density at radius 3 is 2.90 bits per heavy atom. The van der Waals surface area contributed by atoms with Crippen molar-refractivity contribution < 1.29 is 14.7 Å². The Kier molecular flexibility index (Phi) is 6.20. The number of carbonyl (C=O) groups excluding carboxylic acids is 2. The number of aliphatic hydroxyl groups is 1. The topological polar surface area (TPSA) is 88.7 Å². The summed E-state index contributed by atoms with van der Waals surface area (Å²) in [6, 6.07) is 7.51. The summed E-state index contributed by atoms with van der Waals surface area (Å²) in [6.45, 7) is 1.89. The van der Waals surface area contributed by atoms with E-state index in [-0.39, 0.29) is 36.4 Å². The van der Waals surface area contributed by atoms with Crippen LogP contribution in [0.5, 0.6) is 0 Å². The molecule has 1 saturated heterocycles. The zero-order valence-electron chi connectivity index (χ0n) is 17.2. The van der Waals surface area contributed by atoms with Crippen LogP contribution in [0.15, 0.2) is 24.3 Å². The van der Waals surface area contributed by atoms with E-state index in [2.05, 4.69) is 10.3 Å². The maximum Gasteiger partial charge on any atom is 0.317 e. The highest BCUT2D eigenvalue weighted by Crippen LogP contribution is 2.35. The molecule has 3 amide bonds. The molecule has 0 spiro atoms. The second kappa shape index (κ2) is 8.86. The van der Waals surface area contributed by atoms with E-state index in [0.29, 0.717) is 18.1 Å². The van der Waals surface area contributed by atoms with Crippen molar-refractivity contribution in [2.45, 2.75) is 38.3 Å². The first-order chi connectivity index (χ1) is 14.4. The van der Waals surface area contributed by atoms with Crippen LogP contribution in [0.1, 0.15) is 31.4 Å². The van der Waals surface area contributed by atoms with Crippen LogP contribution in [-0.4, -0.2) is 64.6 Å². The molecule has 3 N–H and O–H groups in total. The van der Waals surface area contributed by atoms with Gasteiger partial charge < -0.3 is 25.2 Å². The normalized spacial score (nSPS) is 23.8. The molecular formula is C22H29ClN4O3. The number of hydrogen-bond donors (Lipinski definition) is 3. The van der Waals surface area contributed by atoms with Crippen molar-refractivity contribution in [1.82, 2.24) is 20.1 Å². The van der Waals surface area contributed by atoms with Crippen LogP contribution in [-0.2, 0) is 11.3 Å². The molecule has 1 atom stereocenters. The van der Waals surface area contributed by atoms with Gasteiger partial charge in [-0.2, -0.15) is 0 Å². The Labute approximate surface area is 181 Å². The van der Waals surface area contributed by atoms with Gasteiger partial charge in [0.05, 0.1) is 12.6 Å². The van der Waals surface area contributed by atoms with Crippen molar-refractivity contribution in [3.8, 4) is 0 Å². The highest BCUT2D eigenvalue weighted by atomic mass is 35.5. The minimum Gasteiger partial charge on any atom is -0.396 e. The number of urea groups is 1. The highest BCUT2D eigenvalue weighted by molar-refractivity contribution is 6.31. The first-order valence-corrected chi connectivity index (χ1v) is 11.0. The van der Waals surface area contributed by atoms with Crippen molar-refractivity contribution in [2.75, 3.05) is 26.7 Å². The zero-order valence-corrected chi connectivity index (χ0v) is 18.0. The monoisotopic (exact) mass is 432 g/mol. The second-order valence-electron chi connectivity index (χ2n) is 8.59. The van der Waals surface area contributed by atoms with E-state index in [1.54, 1.807) is 11.9 Å². The SMILES string of the molecule is CN(C(=O)NCc1cc2cc(Cl)ccc2[nH]1)C1CCCN(C(=O)C2CC(CO)C2)C1. The molecule has 1 saturated carbocycles. The van der Waals surface area contributed by atoms with Gasteiger partial charge in [-0.1, -0.05) is 11.6 Å². The third-order valence-electron chi connectivity index (χ3n) is 6.49. The van der Waals surface area contributed by atoms with Gasteiger partial charge in [-0.25, -0.2) is 4.79 Å². The Balaban J connectivity index is 1.30. The van der Waals surface area contributed by atoms with Crippen molar-refractivity contribution in [3.63, 3.8) is 0 Å². The van der Waals surface area contributed by atoms with Crippen LogP contribution in [0.3, 0.4) is 0 Å². The molecule has 0 radical (unpaired) electrons. The van der Waals surface area contributed by atoms with Crippen molar-refractivity contribution >= 4 is 34.4 Å². The summed E-state index contributed by atoms with van der Waals surface area (Å²) in [4.78, 5) is 32.3. The minimum absolute atomic E-state index is 0.0120. The molecule has 162 valence electrons. The van der Waals surface area contributed by atoms with Crippen molar-refractivity contribution in [3.05, 3.63) is 35.0 Å². The van der Waals surface area contributed by atoms with E-state index in [0.717, 1.165) is 48.8 Å². The molecule has 2 heterocycles. The molecule has 0 bridgehead atoms. The number of aromatic amines is 1. The maximum absolute atomic E-state index is 12.7. The third kappa shape index (κ3) is 4.42. The van der Waals surface area contributed by atoms with E-state index in [1.807, 2.05) is 29.2 Å². The number of hydrogen-bond acceptors (Lipinski definition) is 3. The summed E-state index contributed by atoms with van der Waals surface area (Å²) in [5, 5.41) is 13.8. The van der Waals surface area contributed by atoms with E-state index >= 15 is 0 Å². The molecule has 1 aromatic carbocycles. The number of benzene rings is 1. The second-order valence-corrected chi connectivity index (χ2v) is 9.03. The van der Waals surface area contributed by atoms with Gasteiger partial charge in [0.25, 0.3) is 0 Å². The number of aromatic nitrogens is 1. The Bertz CT molecular complexity index is 924. The van der Waals surface area contributed by atoms with E-state index in [1.165, 1.54) is 0 Å². The van der Waals surface area contributed by atoms with Gasteiger partial charge in [-0.05, 0) is 55.9 Å². The largest absolute Gasteiger partial charge is 0.396 e. The number of aliphatic hydroxyl groups excluding tert-OH is 1. The smallest absolute Gasteiger partial charge is 0.317 e. The molecule has 2 fully saturated rings. The van der Waals surface area contributed by atoms with Crippen molar-refractivity contribution in [1.29, 1.82) is 0 Å². The van der Waals surface area contributed by atoms with Gasteiger partial charge in [0, 0.05) is 54.3 Å². The molecule has 4 rings (SSSR count). The fourth-order valence-electron chi connectivity index (χ4n) is 4.54. The molecule has 8 heteroatoms. The third-order valence-corrected chi connectivity index (χ3v) is 6.72. The molecule has 1 aliphatic carbocycles. The highest BCUT2D eigenvalue weighted by Gasteiger charge is 2.38. The van der Waals surface area contributed by atoms with E-state index in [9.17, 15) is 14.7 Å². The van der Waals surface area contributed by atoms with Crippen LogP contribution >= 0.6 is 11.6 Å². The first-order valence-electron chi connectivity index (χ1n) is 10.6. The number of halogens is 1. The average Bonchev–Trinajstić information content (AvgIpc) is 3.12. The summed E-state index contributed by atoms with van der Waals surface area (Å²) in [7, 11) is 1.80. The number of H-pyrrole nitrogens is 1. The van der Waals surface area contributed by atoms with E-state index in [4.69, 9.17) is 11.6 Å². The Morgan fingerprint density at radius 1 is 1.33 bits per heavy atom. The van der Waals surface area contributed by atoms with Gasteiger partial charge in [0.15, 0.2) is 0 Å². The average molecular weight is 433 g/mol. The molecule has 2 aromatic rings. The van der Waals surface area contributed by atoms with Gasteiger partial charge >= 0.3 is 6.03 Å². The fourth-order valence-corrected chi connectivity index (χ4v) is 4.72. The lowest BCUT2D eigenvalue weighted by atomic mass is 9.74. The van der Waals surface area contributed by atoms with Crippen molar-refractivity contribution in [2.24, 2.45) is 11.8 Å². The zero-order chi connectivity index (χ0) is 21.3. The number of piperidine rings is 1. The number of nitrogens with zero attached hydrogens (tertiary/aromatic N) is 2. The summed E-state index contributed by atoms with van der Waals surface area (Å²) in [6.07, 6.45) is 3.35. The molecule has 2 aliphatic rings. The van der Waals surface area contributed by atoms with Gasteiger partial charge in [0.2, 0.25) is 5.91 Å². The number of likely N-dealkylation sites (N-methyl/N-ethyl adjacent to an activating group) is 1. The van der Waals surface area contributed by atoms with Crippen LogP contribution < -0.4 is 5.32 Å². The lowest BCUT2D eigenvalue weighted by Crippen LogP contribution is -2.54. The number of fused-ring (bicyclic) bond motifs is 1. The predicted octanol–water partition coefficient (Wildman–Crippen LogP) is 2.97. The van der Waals surface area contributed by atoms with Crippen LogP contribution in [0.2, 0.25) is 5.02 Å². The van der Waals surface area contributed by atoms with Gasteiger partial charge in [-0.15, -0.1) is 0 Å². The summed E-state index contributed by atoms with van der Waals surface area (Å²) in [5.74, 6) is 0.485. The number of rotatable bonds is 5.